The summed E-state index contributed by atoms with van der Waals surface area (Å²) < 4.78 is 6.96. The van der Waals surface area contributed by atoms with Crippen molar-refractivity contribution in [3.63, 3.8) is 0 Å². The first-order valence-corrected chi connectivity index (χ1v) is 8.61. The molecule has 0 N–H and O–H groups in total. The highest BCUT2D eigenvalue weighted by Crippen LogP contribution is 2.24. The molecule has 0 saturated carbocycles. The third-order valence-electron chi connectivity index (χ3n) is 3.29. The van der Waals surface area contributed by atoms with E-state index in [1.807, 2.05) is 36.4 Å². The molecule has 0 radical (unpaired) electrons. The summed E-state index contributed by atoms with van der Waals surface area (Å²) in [7, 11) is 1.65. The van der Waals surface area contributed by atoms with Crippen LogP contribution in [-0.4, -0.2) is 26.9 Å². The first-order valence-electron chi connectivity index (χ1n) is 6.92. The lowest BCUT2D eigenvalue weighted by atomic mass is 10.2. The predicted octanol–water partition coefficient (Wildman–Crippen LogP) is 4.09. The Labute approximate surface area is 140 Å². The van der Waals surface area contributed by atoms with Crippen LogP contribution in [0.4, 0.5) is 0 Å². The van der Waals surface area contributed by atoms with Crippen LogP contribution in [0, 0.1) is 0 Å². The minimum Gasteiger partial charge on any atom is -0.497 e. The standard InChI is InChI=1S/C16H12N4OS2/c1-21-12-6-4-11(5-7-12)15-17-18-16-20(15)19-14(23-16)9-8-13-3-2-10-22-13/h2-10H,1H3/b9-8+. The first-order chi connectivity index (χ1) is 11.3. The second-order valence-corrected chi connectivity index (χ2v) is 6.70. The lowest BCUT2D eigenvalue weighted by molar-refractivity contribution is 0.415. The average molecular weight is 340 g/mol. The zero-order chi connectivity index (χ0) is 15.6. The molecule has 23 heavy (non-hydrogen) atoms. The molecule has 0 fully saturated rings. The van der Waals surface area contributed by atoms with Crippen LogP contribution in [0.15, 0.2) is 41.8 Å². The highest BCUT2D eigenvalue weighted by molar-refractivity contribution is 7.17. The van der Waals surface area contributed by atoms with Gasteiger partial charge in [0, 0.05) is 10.4 Å². The van der Waals surface area contributed by atoms with Crippen LogP contribution in [-0.2, 0) is 0 Å². The summed E-state index contributed by atoms with van der Waals surface area (Å²) in [6, 6.07) is 11.8. The number of ether oxygens (including phenoxy) is 1. The van der Waals surface area contributed by atoms with Crippen molar-refractivity contribution in [2.75, 3.05) is 7.11 Å². The number of hydrogen-bond acceptors (Lipinski definition) is 6. The molecule has 0 bridgehead atoms. The Kier molecular flexibility index (Phi) is 3.64. The summed E-state index contributed by atoms with van der Waals surface area (Å²) in [6.45, 7) is 0. The number of nitrogens with zero attached hydrogens (tertiary/aromatic N) is 4. The molecule has 4 aromatic rings. The Balaban J connectivity index is 1.68. The normalized spacial score (nSPS) is 11.5. The highest BCUT2D eigenvalue weighted by Gasteiger charge is 2.12. The summed E-state index contributed by atoms with van der Waals surface area (Å²) in [5.74, 6) is 1.54. The molecule has 0 aliphatic carbocycles. The van der Waals surface area contributed by atoms with E-state index in [0.29, 0.717) is 0 Å². The van der Waals surface area contributed by atoms with E-state index in [1.54, 1.807) is 23.0 Å². The number of hydrogen-bond donors (Lipinski definition) is 0. The van der Waals surface area contributed by atoms with Gasteiger partial charge in [0.05, 0.1) is 7.11 Å². The van der Waals surface area contributed by atoms with Crippen LogP contribution in [0.25, 0.3) is 28.5 Å². The Morgan fingerprint density at radius 2 is 1.96 bits per heavy atom. The molecule has 0 spiro atoms. The topological polar surface area (TPSA) is 52.3 Å². The average Bonchev–Trinajstić information content (AvgIpc) is 3.30. The third kappa shape index (κ3) is 2.76. The van der Waals surface area contributed by atoms with Crippen molar-refractivity contribution < 1.29 is 4.74 Å². The molecule has 114 valence electrons. The molecule has 0 aliphatic heterocycles. The van der Waals surface area contributed by atoms with Gasteiger partial charge in [-0.3, -0.25) is 0 Å². The van der Waals surface area contributed by atoms with Crippen molar-refractivity contribution in [2.24, 2.45) is 0 Å². The van der Waals surface area contributed by atoms with Gasteiger partial charge in [-0.2, -0.15) is 9.61 Å². The van der Waals surface area contributed by atoms with Gasteiger partial charge in [0.25, 0.3) is 0 Å². The van der Waals surface area contributed by atoms with Gasteiger partial charge < -0.3 is 4.74 Å². The van der Waals surface area contributed by atoms with Gasteiger partial charge >= 0.3 is 0 Å². The molecule has 7 heteroatoms. The highest BCUT2D eigenvalue weighted by atomic mass is 32.1. The van der Waals surface area contributed by atoms with Crippen molar-refractivity contribution in [1.82, 2.24) is 19.8 Å². The molecular weight excluding hydrogens is 328 g/mol. The van der Waals surface area contributed by atoms with E-state index in [2.05, 4.69) is 32.8 Å². The minimum absolute atomic E-state index is 0.731. The lowest BCUT2D eigenvalue weighted by Crippen LogP contribution is -1.91. The van der Waals surface area contributed by atoms with Crippen LogP contribution in [0.2, 0.25) is 0 Å². The van der Waals surface area contributed by atoms with Crippen molar-refractivity contribution in [1.29, 1.82) is 0 Å². The molecule has 0 saturated heterocycles. The Morgan fingerprint density at radius 1 is 1.09 bits per heavy atom. The molecule has 0 amide bonds. The number of rotatable bonds is 4. The fourth-order valence-electron chi connectivity index (χ4n) is 2.16. The van der Waals surface area contributed by atoms with Crippen LogP contribution in [0.5, 0.6) is 5.75 Å². The zero-order valence-electron chi connectivity index (χ0n) is 12.2. The number of benzene rings is 1. The number of fused-ring (bicyclic) bond motifs is 1. The van der Waals surface area contributed by atoms with Gasteiger partial charge in [0.15, 0.2) is 5.82 Å². The smallest absolute Gasteiger partial charge is 0.235 e. The quantitative estimate of drug-likeness (QED) is 0.561. The predicted molar refractivity (Wildman–Crippen MR) is 93.9 cm³/mol. The maximum Gasteiger partial charge on any atom is 0.235 e. The Morgan fingerprint density at radius 3 is 2.70 bits per heavy atom. The fourth-order valence-corrected chi connectivity index (χ4v) is 3.52. The van der Waals surface area contributed by atoms with E-state index in [4.69, 9.17) is 4.74 Å². The van der Waals surface area contributed by atoms with Gasteiger partial charge in [-0.1, -0.05) is 17.4 Å². The van der Waals surface area contributed by atoms with Gasteiger partial charge in [-0.25, -0.2) is 0 Å². The molecule has 0 unspecified atom stereocenters. The number of aromatic nitrogens is 4. The second kappa shape index (κ2) is 5.94. The van der Waals surface area contributed by atoms with Crippen LogP contribution >= 0.6 is 22.7 Å². The molecule has 0 atom stereocenters. The van der Waals surface area contributed by atoms with E-state index in [0.717, 1.165) is 27.1 Å². The number of thiophene rings is 1. The van der Waals surface area contributed by atoms with E-state index in [-0.39, 0.29) is 0 Å². The van der Waals surface area contributed by atoms with E-state index in [9.17, 15) is 0 Å². The van der Waals surface area contributed by atoms with E-state index >= 15 is 0 Å². The molecule has 3 heterocycles. The maximum absolute atomic E-state index is 5.18. The van der Waals surface area contributed by atoms with Gasteiger partial charge in [0.2, 0.25) is 4.96 Å². The van der Waals surface area contributed by atoms with Crippen molar-refractivity contribution >= 4 is 39.8 Å². The summed E-state index contributed by atoms with van der Waals surface area (Å²) in [6.07, 6.45) is 4.06. The summed E-state index contributed by atoms with van der Waals surface area (Å²) >= 11 is 3.21. The van der Waals surface area contributed by atoms with Crippen molar-refractivity contribution in [2.45, 2.75) is 0 Å². The molecular formula is C16H12N4OS2. The molecule has 5 nitrogen and oxygen atoms in total. The minimum atomic E-state index is 0.731. The molecule has 0 aliphatic rings. The first kappa shape index (κ1) is 14.1. The van der Waals surface area contributed by atoms with Crippen molar-refractivity contribution in [3.8, 4) is 17.1 Å². The molecule has 3 aromatic heterocycles. The molecule has 4 rings (SSSR count). The Hall–Kier alpha value is -2.51. The summed E-state index contributed by atoms with van der Waals surface area (Å²) in [4.78, 5) is 1.98. The van der Waals surface area contributed by atoms with Crippen LogP contribution < -0.4 is 4.74 Å². The monoisotopic (exact) mass is 340 g/mol. The SMILES string of the molecule is COc1ccc(-c2nnc3sc(/C=C/c4cccs4)nn23)cc1. The van der Waals surface area contributed by atoms with Crippen molar-refractivity contribution in [3.05, 3.63) is 51.7 Å². The maximum atomic E-state index is 5.18. The summed E-state index contributed by atoms with van der Waals surface area (Å²) in [5.41, 5.74) is 0.956. The van der Waals surface area contributed by atoms with Crippen LogP contribution in [0.3, 0.4) is 0 Å². The van der Waals surface area contributed by atoms with E-state index in [1.165, 1.54) is 16.2 Å². The zero-order valence-corrected chi connectivity index (χ0v) is 13.8. The van der Waals surface area contributed by atoms with Gasteiger partial charge in [-0.15, -0.1) is 21.5 Å². The Bertz CT molecular complexity index is 952. The van der Waals surface area contributed by atoms with E-state index < -0.39 is 0 Å². The fraction of sp³-hybridized carbons (Fsp3) is 0.0625. The number of methoxy groups -OCH3 is 1. The van der Waals surface area contributed by atoms with Gasteiger partial charge in [-0.05, 0) is 47.9 Å². The van der Waals surface area contributed by atoms with Gasteiger partial charge in [0.1, 0.15) is 10.8 Å². The summed E-state index contributed by atoms with van der Waals surface area (Å²) in [5, 5.41) is 16.0. The van der Waals surface area contributed by atoms with Crippen LogP contribution in [0.1, 0.15) is 9.88 Å². The lowest BCUT2D eigenvalue weighted by Gasteiger charge is -2.00. The molecule has 1 aromatic carbocycles. The second-order valence-electron chi connectivity index (χ2n) is 4.74. The third-order valence-corrected chi connectivity index (χ3v) is 4.99. The largest absolute Gasteiger partial charge is 0.497 e.